The Morgan fingerprint density at radius 3 is 2.92 bits per heavy atom. The van der Waals surface area contributed by atoms with Crippen LogP contribution in [0.5, 0.6) is 0 Å². The van der Waals surface area contributed by atoms with Crippen LogP contribution in [-0.4, -0.2) is 31.2 Å². The van der Waals surface area contributed by atoms with Crippen LogP contribution >= 0.6 is 0 Å². The second-order valence-electron chi connectivity index (χ2n) is 3.96. The van der Waals surface area contributed by atoms with Crippen molar-refractivity contribution in [3.63, 3.8) is 0 Å². The molecule has 0 radical (unpaired) electrons. The summed E-state index contributed by atoms with van der Waals surface area (Å²) in [4.78, 5) is 11.3. The number of hydrogen-bond acceptors (Lipinski definition) is 3. The van der Waals surface area contributed by atoms with Crippen LogP contribution in [0.15, 0.2) is 0 Å². The lowest BCUT2D eigenvalue weighted by atomic mass is 9.86. The van der Waals surface area contributed by atoms with Gasteiger partial charge in [-0.1, -0.05) is 0 Å². The number of carbonyl (C=O) groups excluding carboxylic acids is 1. The molecule has 0 aromatic carbocycles. The van der Waals surface area contributed by atoms with Crippen LogP contribution in [0.3, 0.4) is 0 Å². The minimum absolute atomic E-state index is 0.161. The van der Waals surface area contributed by atoms with Crippen molar-refractivity contribution in [1.82, 2.24) is 0 Å². The van der Waals surface area contributed by atoms with Crippen molar-refractivity contribution in [1.29, 1.82) is 0 Å². The Kier molecular flexibility index (Phi) is 2.65. The van der Waals surface area contributed by atoms with Crippen molar-refractivity contribution < 1.29 is 14.3 Å². The van der Waals surface area contributed by atoms with Gasteiger partial charge in [0.2, 0.25) is 0 Å². The predicted octanol–water partition coefficient (Wildman–Crippen LogP) is 1.31. The van der Waals surface area contributed by atoms with E-state index >= 15 is 0 Å². The highest BCUT2D eigenvalue weighted by molar-refractivity contribution is 5.80. The molecule has 2 saturated heterocycles. The Balaban J connectivity index is 2.02. The van der Waals surface area contributed by atoms with Crippen molar-refractivity contribution in [2.45, 2.75) is 37.7 Å². The molecule has 0 aromatic heterocycles. The zero-order chi connectivity index (χ0) is 9.15. The minimum atomic E-state index is -0.161. The van der Waals surface area contributed by atoms with Crippen molar-refractivity contribution >= 4 is 5.78 Å². The fraction of sp³-hybridized carbons (Fsp3) is 0.900. The summed E-state index contributed by atoms with van der Waals surface area (Å²) in [5, 5.41) is 0. The molecule has 3 heteroatoms. The van der Waals surface area contributed by atoms with Gasteiger partial charge in [0.25, 0.3) is 0 Å². The van der Waals surface area contributed by atoms with E-state index in [4.69, 9.17) is 9.47 Å². The first-order valence-corrected chi connectivity index (χ1v) is 5.04. The molecule has 2 aliphatic rings. The van der Waals surface area contributed by atoms with Gasteiger partial charge in [-0.15, -0.1) is 0 Å². The highest BCUT2D eigenvalue weighted by Crippen LogP contribution is 2.32. The lowest BCUT2D eigenvalue weighted by Gasteiger charge is -2.35. The third-order valence-electron chi connectivity index (χ3n) is 2.93. The molecule has 13 heavy (non-hydrogen) atoms. The molecule has 0 aliphatic carbocycles. The van der Waals surface area contributed by atoms with Crippen molar-refractivity contribution in [2.75, 3.05) is 19.8 Å². The number of Topliss-reactive ketones (excluding diaryl/α,β-unsaturated/α-hetero) is 1. The van der Waals surface area contributed by atoms with Crippen LogP contribution in [0.2, 0.25) is 0 Å². The quantitative estimate of drug-likeness (QED) is 0.569. The molecule has 0 saturated carbocycles. The summed E-state index contributed by atoms with van der Waals surface area (Å²) in [5.41, 5.74) is -0.161. The van der Waals surface area contributed by atoms with E-state index in [0.717, 1.165) is 32.5 Å². The molecule has 3 nitrogen and oxygen atoms in total. The highest BCUT2D eigenvalue weighted by atomic mass is 16.5. The topological polar surface area (TPSA) is 35.5 Å². The van der Waals surface area contributed by atoms with E-state index in [1.165, 1.54) is 0 Å². The Labute approximate surface area is 78.4 Å². The van der Waals surface area contributed by atoms with Crippen LogP contribution in [0.1, 0.15) is 32.1 Å². The van der Waals surface area contributed by atoms with E-state index in [9.17, 15) is 4.79 Å². The van der Waals surface area contributed by atoms with Gasteiger partial charge in [-0.2, -0.15) is 0 Å². The Bertz CT molecular complexity index is 192. The SMILES string of the molecule is O=C1CCOC2(CCCOCC2)C1. The predicted molar refractivity (Wildman–Crippen MR) is 47.6 cm³/mol. The van der Waals surface area contributed by atoms with Gasteiger partial charge in [-0.05, 0) is 12.8 Å². The molecule has 0 aromatic rings. The summed E-state index contributed by atoms with van der Waals surface area (Å²) in [7, 11) is 0. The van der Waals surface area contributed by atoms with Crippen molar-refractivity contribution in [3.8, 4) is 0 Å². The van der Waals surface area contributed by atoms with Gasteiger partial charge in [-0.3, -0.25) is 4.79 Å². The van der Waals surface area contributed by atoms with Crippen LogP contribution in [0.4, 0.5) is 0 Å². The number of hydrogen-bond donors (Lipinski definition) is 0. The molecule has 74 valence electrons. The molecule has 0 N–H and O–H groups in total. The lowest BCUT2D eigenvalue weighted by molar-refractivity contribution is -0.142. The van der Waals surface area contributed by atoms with Crippen LogP contribution in [-0.2, 0) is 14.3 Å². The van der Waals surface area contributed by atoms with Crippen molar-refractivity contribution in [2.24, 2.45) is 0 Å². The number of ether oxygens (including phenoxy) is 2. The molecule has 0 amide bonds. The highest BCUT2D eigenvalue weighted by Gasteiger charge is 2.37. The van der Waals surface area contributed by atoms with Gasteiger partial charge in [0.05, 0.1) is 12.2 Å². The largest absolute Gasteiger partial charge is 0.381 e. The van der Waals surface area contributed by atoms with Crippen molar-refractivity contribution in [3.05, 3.63) is 0 Å². The van der Waals surface area contributed by atoms with Crippen LogP contribution in [0, 0.1) is 0 Å². The van der Waals surface area contributed by atoms with E-state index in [0.29, 0.717) is 25.2 Å². The Hall–Kier alpha value is -0.410. The maximum Gasteiger partial charge on any atom is 0.138 e. The maximum absolute atomic E-state index is 11.3. The number of rotatable bonds is 0. The average molecular weight is 184 g/mol. The third-order valence-corrected chi connectivity index (χ3v) is 2.93. The maximum atomic E-state index is 11.3. The fourth-order valence-corrected chi connectivity index (χ4v) is 2.18. The summed E-state index contributed by atoms with van der Waals surface area (Å²) >= 11 is 0. The normalized spacial score (nSPS) is 36.2. The molecule has 2 fully saturated rings. The zero-order valence-corrected chi connectivity index (χ0v) is 7.88. The first-order chi connectivity index (χ1) is 6.31. The molecule has 2 aliphatic heterocycles. The lowest BCUT2D eigenvalue weighted by Crippen LogP contribution is -2.40. The summed E-state index contributed by atoms with van der Waals surface area (Å²) in [5.74, 6) is 0.355. The molecular formula is C10H16O3. The molecule has 1 atom stereocenters. The van der Waals surface area contributed by atoms with Gasteiger partial charge in [0.1, 0.15) is 5.78 Å². The zero-order valence-electron chi connectivity index (χ0n) is 7.88. The van der Waals surface area contributed by atoms with Gasteiger partial charge in [0.15, 0.2) is 0 Å². The van der Waals surface area contributed by atoms with E-state index in [-0.39, 0.29) is 5.60 Å². The smallest absolute Gasteiger partial charge is 0.138 e. The van der Waals surface area contributed by atoms with Gasteiger partial charge < -0.3 is 9.47 Å². The van der Waals surface area contributed by atoms with Gasteiger partial charge in [-0.25, -0.2) is 0 Å². The van der Waals surface area contributed by atoms with E-state index in [1.807, 2.05) is 0 Å². The van der Waals surface area contributed by atoms with E-state index in [2.05, 4.69) is 0 Å². The number of ketones is 1. The summed E-state index contributed by atoms with van der Waals surface area (Å²) in [6.45, 7) is 2.17. The second-order valence-corrected chi connectivity index (χ2v) is 3.96. The van der Waals surface area contributed by atoms with E-state index in [1.54, 1.807) is 0 Å². The first-order valence-electron chi connectivity index (χ1n) is 5.04. The summed E-state index contributed by atoms with van der Waals surface area (Å²) < 4.78 is 11.1. The minimum Gasteiger partial charge on any atom is -0.381 e. The number of carbonyl (C=O) groups is 1. The average Bonchev–Trinajstić information content (AvgIpc) is 2.31. The third kappa shape index (κ3) is 2.09. The Morgan fingerprint density at radius 1 is 1.15 bits per heavy atom. The molecule has 1 spiro atoms. The standard InChI is InChI=1S/C10H16O3/c11-9-2-6-13-10(8-9)3-1-5-12-7-4-10/h1-8H2. The van der Waals surface area contributed by atoms with Crippen LogP contribution < -0.4 is 0 Å². The first kappa shape index (κ1) is 9.16. The van der Waals surface area contributed by atoms with Gasteiger partial charge >= 0.3 is 0 Å². The molecule has 2 rings (SSSR count). The molecule has 1 unspecified atom stereocenters. The molecular weight excluding hydrogens is 168 g/mol. The monoisotopic (exact) mass is 184 g/mol. The summed E-state index contributed by atoms with van der Waals surface area (Å²) in [6, 6.07) is 0. The fourth-order valence-electron chi connectivity index (χ4n) is 2.18. The van der Waals surface area contributed by atoms with E-state index < -0.39 is 0 Å². The second kappa shape index (κ2) is 3.76. The molecule has 2 heterocycles. The van der Waals surface area contributed by atoms with Gasteiger partial charge in [0, 0.05) is 32.5 Å². The summed E-state index contributed by atoms with van der Waals surface area (Å²) in [6.07, 6.45) is 4.10. The molecule has 0 bridgehead atoms. The Morgan fingerprint density at radius 2 is 2.08 bits per heavy atom. The van der Waals surface area contributed by atoms with Crippen LogP contribution in [0.25, 0.3) is 0 Å².